The first-order valence-electron chi connectivity index (χ1n) is 10.5. The molecule has 30 heavy (non-hydrogen) atoms. The van der Waals surface area contributed by atoms with E-state index in [-0.39, 0.29) is 11.8 Å². The van der Waals surface area contributed by atoms with Crippen molar-refractivity contribution >= 4 is 17.5 Å². The maximum absolute atomic E-state index is 13.0. The van der Waals surface area contributed by atoms with Gasteiger partial charge in [-0.05, 0) is 55.8 Å². The Morgan fingerprint density at radius 1 is 1.00 bits per heavy atom. The van der Waals surface area contributed by atoms with Crippen LogP contribution in [0.5, 0.6) is 5.75 Å². The number of ether oxygens (including phenoxy) is 1. The van der Waals surface area contributed by atoms with Crippen molar-refractivity contribution in [3.05, 3.63) is 59.7 Å². The molecule has 1 aliphatic heterocycles. The number of benzene rings is 2. The maximum atomic E-state index is 13.0. The molecule has 0 radical (unpaired) electrons. The number of rotatable bonds is 7. The highest BCUT2D eigenvalue weighted by molar-refractivity contribution is 6.09. The van der Waals surface area contributed by atoms with Crippen molar-refractivity contribution < 1.29 is 14.3 Å². The first-order chi connectivity index (χ1) is 14.4. The van der Waals surface area contributed by atoms with Gasteiger partial charge in [-0.1, -0.05) is 26.0 Å². The first kappa shape index (κ1) is 21.8. The van der Waals surface area contributed by atoms with Crippen molar-refractivity contribution in [2.75, 3.05) is 45.2 Å². The third-order valence-corrected chi connectivity index (χ3v) is 5.28. The van der Waals surface area contributed by atoms with Gasteiger partial charge >= 0.3 is 0 Å². The molecule has 0 unspecified atom stereocenters. The summed E-state index contributed by atoms with van der Waals surface area (Å²) in [5, 5.41) is 2.90. The molecular formula is C24H31N3O3. The largest absolute Gasteiger partial charge is 0.494 e. The molecule has 0 aromatic heterocycles. The summed E-state index contributed by atoms with van der Waals surface area (Å²) in [7, 11) is 2.05. The molecule has 1 N–H and O–H groups in total. The number of nitrogens with zero attached hydrogens (tertiary/aromatic N) is 2. The van der Waals surface area contributed by atoms with E-state index in [0.717, 1.165) is 25.3 Å². The normalized spacial score (nSPS) is 14.6. The molecule has 6 heteroatoms. The molecular weight excluding hydrogens is 378 g/mol. The zero-order valence-electron chi connectivity index (χ0n) is 18.1. The predicted molar refractivity (Wildman–Crippen MR) is 119 cm³/mol. The summed E-state index contributed by atoms with van der Waals surface area (Å²) in [4.78, 5) is 29.8. The summed E-state index contributed by atoms with van der Waals surface area (Å²) in [5.74, 6) is 1.04. The van der Waals surface area contributed by atoms with Gasteiger partial charge in [0.15, 0.2) is 0 Å². The highest BCUT2D eigenvalue weighted by Gasteiger charge is 2.23. The predicted octanol–water partition coefficient (Wildman–Crippen LogP) is 3.75. The fraction of sp³-hybridized carbons (Fsp3) is 0.417. The number of likely N-dealkylation sites (N-methyl/N-ethyl adjacent to an activating group) is 1. The van der Waals surface area contributed by atoms with Crippen molar-refractivity contribution in [1.82, 2.24) is 9.80 Å². The average molecular weight is 410 g/mol. The van der Waals surface area contributed by atoms with Crippen LogP contribution in [0.25, 0.3) is 0 Å². The average Bonchev–Trinajstić information content (AvgIpc) is 2.74. The van der Waals surface area contributed by atoms with Gasteiger partial charge in [0.2, 0.25) is 0 Å². The van der Waals surface area contributed by atoms with E-state index in [9.17, 15) is 9.59 Å². The van der Waals surface area contributed by atoms with Crippen LogP contribution in [0.15, 0.2) is 48.5 Å². The second kappa shape index (κ2) is 10.3. The van der Waals surface area contributed by atoms with Crippen molar-refractivity contribution in [1.29, 1.82) is 0 Å². The van der Waals surface area contributed by atoms with Crippen LogP contribution in [0, 0.1) is 5.92 Å². The molecule has 0 bridgehead atoms. The Balaban J connectivity index is 1.65. The van der Waals surface area contributed by atoms with Crippen LogP contribution >= 0.6 is 0 Å². The summed E-state index contributed by atoms with van der Waals surface area (Å²) in [6, 6.07) is 14.3. The summed E-state index contributed by atoms with van der Waals surface area (Å²) in [6.45, 7) is 8.06. The minimum Gasteiger partial charge on any atom is -0.494 e. The van der Waals surface area contributed by atoms with Gasteiger partial charge in [0.1, 0.15) is 5.75 Å². The SMILES string of the molecule is CC(C)CCOc1ccc(C(=O)Nc2ccccc2C(=O)N2CCN(C)CC2)cc1. The quantitative estimate of drug-likeness (QED) is 0.757. The lowest BCUT2D eigenvalue weighted by Crippen LogP contribution is -2.47. The number of hydrogen-bond acceptors (Lipinski definition) is 4. The standard InChI is InChI=1S/C24H31N3O3/c1-18(2)12-17-30-20-10-8-19(9-11-20)23(28)25-22-7-5-4-6-21(22)24(29)27-15-13-26(3)14-16-27/h4-11,18H,12-17H2,1-3H3,(H,25,28). The van der Waals surface area contributed by atoms with Crippen LogP contribution in [-0.4, -0.2) is 61.4 Å². The van der Waals surface area contributed by atoms with E-state index >= 15 is 0 Å². The molecule has 0 spiro atoms. The third kappa shape index (κ3) is 5.83. The number of hydrogen-bond donors (Lipinski definition) is 1. The first-order valence-corrected chi connectivity index (χ1v) is 10.5. The van der Waals surface area contributed by atoms with Gasteiger partial charge < -0.3 is 19.9 Å². The fourth-order valence-corrected chi connectivity index (χ4v) is 3.27. The van der Waals surface area contributed by atoms with Crippen LogP contribution in [0.3, 0.4) is 0 Å². The Morgan fingerprint density at radius 2 is 1.67 bits per heavy atom. The van der Waals surface area contributed by atoms with Crippen LogP contribution < -0.4 is 10.1 Å². The van der Waals surface area contributed by atoms with Gasteiger partial charge in [-0.3, -0.25) is 9.59 Å². The number of nitrogens with one attached hydrogen (secondary N) is 1. The van der Waals surface area contributed by atoms with E-state index in [1.807, 2.05) is 17.0 Å². The number of amides is 2. The molecule has 3 rings (SSSR count). The summed E-state index contributed by atoms with van der Waals surface area (Å²) in [5.41, 5.74) is 1.57. The molecule has 0 saturated carbocycles. The smallest absolute Gasteiger partial charge is 0.256 e. The van der Waals surface area contributed by atoms with E-state index in [1.54, 1.807) is 36.4 Å². The lowest BCUT2D eigenvalue weighted by atomic mass is 10.1. The highest BCUT2D eigenvalue weighted by Crippen LogP contribution is 2.20. The number of piperazine rings is 1. The molecule has 1 heterocycles. The summed E-state index contributed by atoms with van der Waals surface area (Å²) in [6.07, 6.45) is 0.986. The van der Waals surface area contributed by atoms with Crippen molar-refractivity contribution in [2.45, 2.75) is 20.3 Å². The van der Waals surface area contributed by atoms with E-state index in [2.05, 4.69) is 31.1 Å². The minimum absolute atomic E-state index is 0.0482. The van der Waals surface area contributed by atoms with Gasteiger partial charge in [0, 0.05) is 31.7 Å². The van der Waals surface area contributed by atoms with Gasteiger partial charge in [-0.2, -0.15) is 0 Å². The van der Waals surface area contributed by atoms with Gasteiger partial charge in [-0.15, -0.1) is 0 Å². The second-order valence-electron chi connectivity index (χ2n) is 8.15. The van der Waals surface area contributed by atoms with Crippen LogP contribution in [0.4, 0.5) is 5.69 Å². The zero-order chi connectivity index (χ0) is 21.5. The monoisotopic (exact) mass is 409 g/mol. The van der Waals surface area contributed by atoms with Crippen LogP contribution in [0.1, 0.15) is 41.0 Å². The topological polar surface area (TPSA) is 61.9 Å². The van der Waals surface area contributed by atoms with Crippen LogP contribution in [0.2, 0.25) is 0 Å². The maximum Gasteiger partial charge on any atom is 0.256 e. The molecule has 2 aromatic carbocycles. The molecule has 1 saturated heterocycles. The molecule has 160 valence electrons. The minimum atomic E-state index is -0.248. The molecule has 1 aliphatic rings. The zero-order valence-corrected chi connectivity index (χ0v) is 18.1. The van der Waals surface area contributed by atoms with E-state index in [0.29, 0.717) is 42.4 Å². The summed E-state index contributed by atoms with van der Waals surface area (Å²) >= 11 is 0. The Bertz CT molecular complexity index is 856. The third-order valence-electron chi connectivity index (χ3n) is 5.28. The lowest BCUT2D eigenvalue weighted by molar-refractivity contribution is 0.0665. The molecule has 2 amide bonds. The Labute approximate surface area is 178 Å². The second-order valence-corrected chi connectivity index (χ2v) is 8.15. The molecule has 1 fully saturated rings. The van der Waals surface area contributed by atoms with Crippen molar-refractivity contribution in [3.8, 4) is 5.75 Å². The molecule has 0 atom stereocenters. The van der Waals surface area contributed by atoms with Gasteiger partial charge in [0.25, 0.3) is 11.8 Å². The van der Waals surface area contributed by atoms with E-state index < -0.39 is 0 Å². The number of para-hydroxylation sites is 1. The lowest BCUT2D eigenvalue weighted by Gasteiger charge is -2.32. The van der Waals surface area contributed by atoms with Crippen molar-refractivity contribution in [3.63, 3.8) is 0 Å². The molecule has 6 nitrogen and oxygen atoms in total. The Hall–Kier alpha value is -2.86. The van der Waals surface area contributed by atoms with E-state index in [4.69, 9.17) is 4.74 Å². The highest BCUT2D eigenvalue weighted by atomic mass is 16.5. The fourth-order valence-electron chi connectivity index (χ4n) is 3.27. The van der Waals surface area contributed by atoms with Gasteiger partial charge in [0.05, 0.1) is 17.9 Å². The van der Waals surface area contributed by atoms with Crippen molar-refractivity contribution in [2.24, 2.45) is 5.92 Å². The van der Waals surface area contributed by atoms with Gasteiger partial charge in [-0.25, -0.2) is 0 Å². The Kier molecular flexibility index (Phi) is 7.46. The Morgan fingerprint density at radius 3 is 2.33 bits per heavy atom. The summed E-state index contributed by atoms with van der Waals surface area (Å²) < 4.78 is 5.71. The number of carbonyl (C=O) groups excluding carboxylic acids is 2. The molecule has 0 aliphatic carbocycles. The van der Waals surface area contributed by atoms with E-state index in [1.165, 1.54) is 0 Å². The van der Waals surface area contributed by atoms with Crippen LogP contribution in [-0.2, 0) is 0 Å². The number of anilines is 1. The molecule has 2 aromatic rings. The number of carbonyl (C=O) groups is 2.